The first-order valence-electron chi connectivity index (χ1n) is 5.10. The van der Waals surface area contributed by atoms with E-state index in [1.807, 2.05) is 6.92 Å². The van der Waals surface area contributed by atoms with Crippen molar-refractivity contribution in [3.8, 4) is 11.3 Å². The molecule has 0 aliphatic heterocycles. The summed E-state index contributed by atoms with van der Waals surface area (Å²) in [6.07, 6.45) is 3.14. The number of rotatable bonds is 2. The highest BCUT2D eigenvalue weighted by Gasteiger charge is 2.23. The maximum Gasteiger partial charge on any atom is 0.316 e. The first-order valence-corrected chi connectivity index (χ1v) is 5.48. The van der Waals surface area contributed by atoms with Crippen LogP contribution in [0.4, 0.5) is 5.69 Å². The molecule has 2 aromatic rings. The van der Waals surface area contributed by atoms with Gasteiger partial charge in [-0.1, -0.05) is 0 Å². The van der Waals surface area contributed by atoms with E-state index in [1.54, 1.807) is 12.3 Å². The van der Waals surface area contributed by atoms with Crippen LogP contribution in [0.15, 0.2) is 18.5 Å². The van der Waals surface area contributed by atoms with Crippen molar-refractivity contribution >= 4 is 17.3 Å². The highest BCUT2D eigenvalue weighted by molar-refractivity contribution is 6.28. The Morgan fingerprint density at radius 2 is 2.06 bits per heavy atom. The molecule has 0 saturated carbocycles. The minimum atomic E-state index is -0.507. The van der Waals surface area contributed by atoms with E-state index in [1.165, 1.54) is 13.1 Å². The van der Waals surface area contributed by atoms with Gasteiger partial charge in [-0.25, -0.2) is 9.97 Å². The van der Waals surface area contributed by atoms with Crippen molar-refractivity contribution in [1.29, 1.82) is 0 Å². The zero-order valence-corrected chi connectivity index (χ0v) is 10.5. The van der Waals surface area contributed by atoms with Crippen molar-refractivity contribution < 1.29 is 4.92 Å². The van der Waals surface area contributed by atoms with Crippen LogP contribution in [0.25, 0.3) is 11.3 Å². The van der Waals surface area contributed by atoms with Gasteiger partial charge in [0.1, 0.15) is 5.69 Å². The number of hydrogen-bond acceptors (Lipinski definition) is 5. The fraction of sp³-hybridized carbons (Fsp3) is 0.182. The molecule has 0 aliphatic carbocycles. The van der Waals surface area contributed by atoms with Crippen molar-refractivity contribution in [3.63, 3.8) is 0 Å². The summed E-state index contributed by atoms with van der Waals surface area (Å²) in [6.45, 7) is 3.35. The Morgan fingerprint density at radius 3 is 2.67 bits per heavy atom. The van der Waals surface area contributed by atoms with Crippen molar-refractivity contribution in [3.05, 3.63) is 45.1 Å². The van der Waals surface area contributed by atoms with Gasteiger partial charge in [0.05, 0.1) is 4.92 Å². The van der Waals surface area contributed by atoms with Gasteiger partial charge in [-0.2, -0.15) is 0 Å². The van der Waals surface area contributed by atoms with Crippen LogP contribution in [0.3, 0.4) is 0 Å². The van der Waals surface area contributed by atoms with E-state index < -0.39 is 4.92 Å². The lowest BCUT2D eigenvalue weighted by molar-refractivity contribution is -0.385. The minimum absolute atomic E-state index is 0.0173. The summed E-state index contributed by atoms with van der Waals surface area (Å²) in [4.78, 5) is 22.3. The summed E-state index contributed by atoms with van der Waals surface area (Å²) in [6, 6.07) is 1.75. The molecule has 92 valence electrons. The Bertz CT molecular complexity index is 630. The van der Waals surface area contributed by atoms with Crippen LogP contribution >= 0.6 is 11.6 Å². The molecule has 2 aromatic heterocycles. The normalized spacial score (nSPS) is 10.4. The van der Waals surface area contributed by atoms with E-state index >= 15 is 0 Å². The number of aromatic nitrogens is 3. The second-order valence-corrected chi connectivity index (χ2v) is 4.06. The number of aryl methyl sites for hydroxylation is 2. The maximum atomic E-state index is 11.1. The van der Waals surface area contributed by atoms with Gasteiger partial charge < -0.3 is 0 Å². The van der Waals surface area contributed by atoms with Crippen LogP contribution in [0, 0.1) is 24.0 Å². The molecule has 0 bridgehead atoms. The number of halogens is 1. The molecule has 0 fully saturated rings. The number of nitrogens with zero attached hydrogens (tertiary/aromatic N) is 4. The molecule has 0 amide bonds. The lowest BCUT2D eigenvalue weighted by Gasteiger charge is -2.06. The standard InChI is InChI=1S/C11H9ClN4O2/c1-6-3-4-13-5-8(6)9-10(16(17)18)7(2)14-11(12)15-9/h3-5H,1-2H3. The topological polar surface area (TPSA) is 81.8 Å². The molecule has 0 aromatic carbocycles. The van der Waals surface area contributed by atoms with Gasteiger partial charge in [-0.3, -0.25) is 15.1 Å². The zero-order valence-electron chi connectivity index (χ0n) is 9.72. The molecule has 2 rings (SSSR count). The molecule has 18 heavy (non-hydrogen) atoms. The van der Waals surface area contributed by atoms with Gasteiger partial charge in [0.15, 0.2) is 5.69 Å². The molecule has 0 radical (unpaired) electrons. The number of hydrogen-bond donors (Lipinski definition) is 0. The second kappa shape index (κ2) is 4.66. The predicted octanol–water partition coefficient (Wildman–Crippen LogP) is 2.72. The maximum absolute atomic E-state index is 11.1. The summed E-state index contributed by atoms with van der Waals surface area (Å²) in [7, 11) is 0. The van der Waals surface area contributed by atoms with Crippen molar-refractivity contribution in [2.45, 2.75) is 13.8 Å². The van der Waals surface area contributed by atoms with Crippen LogP contribution < -0.4 is 0 Å². The Morgan fingerprint density at radius 1 is 1.33 bits per heavy atom. The predicted molar refractivity (Wildman–Crippen MR) is 66.4 cm³/mol. The highest BCUT2D eigenvalue weighted by Crippen LogP contribution is 2.32. The highest BCUT2D eigenvalue weighted by atomic mass is 35.5. The van der Waals surface area contributed by atoms with E-state index in [0.29, 0.717) is 5.56 Å². The van der Waals surface area contributed by atoms with Crippen LogP contribution in [-0.2, 0) is 0 Å². The third-order valence-electron chi connectivity index (χ3n) is 2.51. The summed E-state index contributed by atoms with van der Waals surface area (Å²) in [5.41, 5.74) is 1.70. The summed E-state index contributed by atoms with van der Waals surface area (Å²) in [5, 5.41) is 11.1. The Kier molecular flexibility index (Phi) is 3.20. The minimum Gasteiger partial charge on any atom is -0.264 e. The van der Waals surface area contributed by atoms with E-state index in [9.17, 15) is 10.1 Å². The van der Waals surface area contributed by atoms with Gasteiger partial charge in [0.2, 0.25) is 5.28 Å². The molecule has 0 N–H and O–H groups in total. The fourth-order valence-electron chi connectivity index (χ4n) is 1.65. The van der Waals surface area contributed by atoms with Gasteiger partial charge in [-0.15, -0.1) is 0 Å². The molecule has 2 heterocycles. The largest absolute Gasteiger partial charge is 0.316 e. The quantitative estimate of drug-likeness (QED) is 0.473. The first-order chi connectivity index (χ1) is 8.50. The fourth-order valence-corrected chi connectivity index (χ4v) is 1.86. The van der Waals surface area contributed by atoms with E-state index in [2.05, 4.69) is 15.0 Å². The smallest absolute Gasteiger partial charge is 0.264 e. The van der Waals surface area contributed by atoms with Crippen LogP contribution in [-0.4, -0.2) is 19.9 Å². The Hall–Kier alpha value is -2.08. The Balaban J connectivity index is 2.78. The molecule has 7 heteroatoms. The molecular weight excluding hydrogens is 256 g/mol. The SMILES string of the molecule is Cc1ccncc1-c1nc(Cl)nc(C)c1[N+](=O)[O-]. The average Bonchev–Trinajstić information content (AvgIpc) is 2.27. The summed E-state index contributed by atoms with van der Waals surface area (Å²) >= 11 is 5.76. The average molecular weight is 265 g/mol. The van der Waals surface area contributed by atoms with Crippen LogP contribution in [0.1, 0.15) is 11.3 Å². The second-order valence-electron chi connectivity index (χ2n) is 3.72. The first kappa shape index (κ1) is 12.4. The van der Waals surface area contributed by atoms with Gasteiger partial charge >= 0.3 is 5.69 Å². The van der Waals surface area contributed by atoms with Crippen LogP contribution in [0.2, 0.25) is 5.28 Å². The van der Waals surface area contributed by atoms with E-state index in [4.69, 9.17) is 11.6 Å². The number of nitro groups is 1. The summed E-state index contributed by atoms with van der Waals surface area (Å²) in [5.74, 6) is 0. The molecule has 0 atom stereocenters. The lowest BCUT2D eigenvalue weighted by Crippen LogP contribution is -2.02. The van der Waals surface area contributed by atoms with E-state index in [-0.39, 0.29) is 22.4 Å². The monoisotopic (exact) mass is 264 g/mol. The van der Waals surface area contributed by atoms with Crippen molar-refractivity contribution in [2.75, 3.05) is 0 Å². The van der Waals surface area contributed by atoms with E-state index in [0.717, 1.165) is 5.56 Å². The van der Waals surface area contributed by atoms with Gasteiger partial charge in [-0.05, 0) is 37.1 Å². The zero-order chi connectivity index (χ0) is 13.3. The summed E-state index contributed by atoms with van der Waals surface area (Å²) < 4.78 is 0. The lowest BCUT2D eigenvalue weighted by atomic mass is 10.1. The number of pyridine rings is 1. The molecular formula is C11H9ClN4O2. The Labute approximate surface area is 108 Å². The van der Waals surface area contributed by atoms with Crippen molar-refractivity contribution in [1.82, 2.24) is 15.0 Å². The van der Waals surface area contributed by atoms with Gasteiger partial charge in [0, 0.05) is 18.0 Å². The molecule has 0 saturated heterocycles. The van der Waals surface area contributed by atoms with Gasteiger partial charge in [0.25, 0.3) is 0 Å². The molecule has 0 aliphatic rings. The molecule has 0 unspecified atom stereocenters. The van der Waals surface area contributed by atoms with Crippen LogP contribution in [0.5, 0.6) is 0 Å². The van der Waals surface area contributed by atoms with Crippen molar-refractivity contribution in [2.24, 2.45) is 0 Å². The third-order valence-corrected chi connectivity index (χ3v) is 2.68. The molecule has 6 nitrogen and oxygen atoms in total. The third kappa shape index (κ3) is 2.14. The molecule has 0 spiro atoms.